The number of amides is 1. The van der Waals surface area contributed by atoms with Gasteiger partial charge in [-0.25, -0.2) is 4.98 Å². The summed E-state index contributed by atoms with van der Waals surface area (Å²) in [6, 6.07) is 1.78. The molecule has 210 valence electrons. The van der Waals surface area contributed by atoms with Crippen molar-refractivity contribution in [3.63, 3.8) is 0 Å². The Labute approximate surface area is 231 Å². The lowest BCUT2D eigenvalue weighted by Gasteiger charge is -2.42. The first kappa shape index (κ1) is 34.5. The van der Waals surface area contributed by atoms with Crippen molar-refractivity contribution < 1.29 is 9.53 Å². The van der Waals surface area contributed by atoms with Crippen LogP contribution < -0.4 is 4.74 Å². The molecule has 0 aliphatic carbocycles. The van der Waals surface area contributed by atoms with Crippen molar-refractivity contribution in [2.24, 2.45) is 5.92 Å². The highest BCUT2D eigenvalue weighted by Gasteiger charge is 2.30. The largest absolute Gasteiger partial charge is 0.496 e. The third-order valence-corrected chi connectivity index (χ3v) is 5.46. The van der Waals surface area contributed by atoms with Gasteiger partial charge in [-0.05, 0) is 24.5 Å². The number of nitrogens with one attached hydrogen (secondary N) is 1. The number of piperazine rings is 1. The Morgan fingerprint density at radius 3 is 2.26 bits per heavy atom. The van der Waals surface area contributed by atoms with Crippen LogP contribution in [0.2, 0.25) is 0 Å². The van der Waals surface area contributed by atoms with Crippen molar-refractivity contribution in [2.45, 2.75) is 61.4 Å². The number of hydrogen-bond acceptors (Lipinski definition) is 4. The molecule has 6 nitrogen and oxygen atoms in total. The number of carbonyl (C=O) groups excluding carboxylic acids is 1. The SMILES string of the molecule is C=C/C=C(\C=C)C(=C)N1CCN(C(=O)C(=C)c2c[nH]c3nccc(OC)c23)[C@H](C)C1.CC.CC.CC(C)C. The number of hydrogen-bond donors (Lipinski definition) is 1. The van der Waals surface area contributed by atoms with Gasteiger partial charge in [0.1, 0.15) is 11.4 Å². The number of carbonyl (C=O) groups is 1. The van der Waals surface area contributed by atoms with Gasteiger partial charge in [0.15, 0.2) is 0 Å². The lowest BCUT2D eigenvalue weighted by Crippen LogP contribution is -2.53. The van der Waals surface area contributed by atoms with Crippen LogP contribution >= 0.6 is 0 Å². The van der Waals surface area contributed by atoms with E-state index in [2.05, 4.69) is 62.0 Å². The van der Waals surface area contributed by atoms with Gasteiger partial charge in [-0.1, -0.05) is 93.0 Å². The zero-order valence-electron chi connectivity index (χ0n) is 25.2. The van der Waals surface area contributed by atoms with Gasteiger partial charge in [-0.3, -0.25) is 4.79 Å². The maximum Gasteiger partial charge on any atom is 0.254 e. The molecule has 1 amide bonds. The average molecular weight is 523 g/mol. The third-order valence-electron chi connectivity index (χ3n) is 5.46. The van der Waals surface area contributed by atoms with E-state index in [4.69, 9.17) is 4.74 Å². The molecule has 1 saturated heterocycles. The quantitative estimate of drug-likeness (QED) is 0.300. The Morgan fingerprint density at radius 1 is 1.16 bits per heavy atom. The molecular weight excluding hydrogens is 472 g/mol. The van der Waals surface area contributed by atoms with Gasteiger partial charge in [0.2, 0.25) is 0 Å². The number of H-pyrrole nitrogens is 1. The van der Waals surface area contributed by atoms with Crippen LogP contribution in [0.5, 0.6) is 5.75 Å². The summed E-state index contributed by atoms with van der Waals surface area (Å²) in [5.74, 6) is 1.40. The molecule has 3 heterocycles. The van der Waals surface area contributed by atoms with Crippen LogP contribution in [0, 0.1) is 5.92 Å². The van der Waals surface area contributed by atoms with E-state index in [0.29, 0.717) is 42.2 Å². The molecule has 1 atom stereocenters. The Balaban J connectivity index is 0.00000153. The van der Waals surface area contributed by atoms with Gasteiger partial charge in [-0.15, -0.1) is 0 Å². The molecule has 3 rings (SSSR count). The van der Waals surface area contributed by atoms with Crippen LogP contribution in [0.3, 0.4) is 0 Å². The zero-order chi connectivity index (χ0) is 29.4. The number of aromatic nitrogens is 2. The number of pyridine rings is 1. The maximum atomic E-state index is 13.3. The highest BCUT2D eigenvalue weighted by atomic mass is 16.5. The Bertz CT molecular complexity index is 1090. The molecular formula is C32H50N4O2. The molecule has 0 spiro atoms. The fourth-order valence-electron chi connectivity index (χ4n) is 3.82. The van der Waals surface area contributed by atoms with Gasteiger partial charge >= 0.3 is 0 Å². The predicted molar refractivity (Wildman–Crippen MR) is 165 cm³/mol. The van der Waals surface area contributed by atoms with Gasteiger partial charge in [0.05, 0.1) is 12.5 Å². The van der Waals surface area contributed by atoms with Crippen LogP contribution in [-0.2, 0) is 4.79 Å². The first-order valence-corrected chi connectivity index (χ1v) is 13.6. The highest BCUT2D eigenvalue weighted by Crippen LogP contribution is 2.32. The molecule has 1 fully saturated rings. The van der Waals surface area contributed by atoms with E-state index in [9.17, 15) is 4.79 Å². The summed E-state index contributed by atoms with van der Waals surface area (Å²) in [5.41, 5.74) is 3.61. The predicted octanol–water partition coefficient (Wildman–Crippen LogP) is 7.64. The normalized spacial score (nSPS) is 14.7. The van der Waals surface area contributed by atoms with Crippen molar-refractivity contribution in [1.82, 2.24) is 19.8 Å². The summed E-state index contributed by atoms with van der Waals surface area (Å²) in [4.78, 5) is 24.7. The van der Waals surface area contributed by atoms with Crippen LogP contribution in [0.4, 0.5) is 0 Å². The van der Waals surface area contributed by atoms with E-state index in [0.717, 1.165) is 22.6 Å². The zero-order valence-corrected chi connectivity index (χ0v) is 25.2. The Kier molecular flexibility index (Phi) is 16.2. The fourth-order valence-corrected chi connectivity index (χ4v) is 3.82. The first-order chi connectivity index (χ1) is 18.2. The minimum atomic E-state index is -0.0925. The Hall–Kier alpha value is -3.54. The van der Waals surface area contributed by atoms with Crippen LogP contribution in [0.25, 0.3) is 16.6 Å². The molecule has 38 heavy (non-hydrogen) atoms. The van der Waals surface area contributed by atoms with E-state index in [1.54, 1.807) is 37.7 Å². The van der Waals surface area contributed by atoms with Crippen molar-refractivity contribution in [2.75, 3.05) is 26.7 Å². The Morgan fingerprint density at radius 2 is 1.76 bits per heavy atom. The average Bonchev–Trinajstić information content (AvgIpc) is 3.37. The molecule has 6 heteroatoms. The standard InChI is InChI=1S/C24H28N4O2.C4H10.2C2H6/c1-7-9-19(8-2)18(5)27-12-13-28(16(3)15-27)24(29)17(4)20-14-26-23-22(20)21(30-6)10-11-25-23;1-4(2)3;2*1-2/h7-11,14,16H,1-2,4-5,12-13,15H2,3,6H3,(H,25,26);4H,1-3H3;2*1-2H3/b19-9+;;;/t16-;;;/m1.../s1. The number of aromatic amines is 1. The molecule has 2 aromatic heterocycles. The fraction of sp³-hybridized carbons (Fsp3) is 0.438. The summed E-state index contributed by atoms with van der Waals surface area (Å²) in [6.07, 6.45) is 8.81. The summed E-state index contributed by atoms with van der Waals surface area (Å²) in [6.45, 7) is 34.4. The van der Waals surface area contributed by atoms with Gasteiger partial charge in [0.25, 0.3) is 5.91 Å². The van der Waals surface area contributed by atoms with E-state index in [1.165, 1.54) is 0 Å². The molecule has 2 aromatic rings. The molecule has 0 unspecified atom stereocenters. The van der Waals surface area contributed by atoms with Crippen molar-refractivity contribution >= 4 is 22.5 Å². The van der Waals surface area contributed by atoms with Gasteiger partial charge in [-0.2, -0.15) is 0 Å². The topological polar surface area (TPSA) is 61.5 Å². The summed E-state index contributed by atoms with van der Waals surface area (Å²) in [7, 11) is 1.60. The van der Waals surface area contributed by atoms with E-state index in [-0.39, 0.29) is 11.9 Å². The summed E-state index contributed by atoms with van der Waals surface area (Å²) < 4.78 is 5.45. The van der Waals surface area contributed by atoms with E-state index >= 15 is 0 Å². The van der Waals surface area contributed by atoms with Crippen molar-refractivity contribution in [1.29, 1.82) is 0 Å². The van der Waals surface area contributed by atoms with Crippen LogP contribution in [-0.4, -0.2) is 58.5 Å². The molecule has 1 aliphatic rings. The lowest BCUT2D eigenvalue weighted by atomic mass is 10.0. The number of allylic oxidation sites excluding steroid dienone is 3. The third kappa shape index (κ3) is 9.09. The summed E-state index contributed by atoms with van der Waals surface area (Å²) in [5, 5.41) is 0.767. The second kappa shape index (κ2) is 17.8. The molecule has 0 saturated carbocycles. The molecule has 1 aliphatic heterocycles. The molecule has 0 radical (unpaired) electrons. The smallest absolute Gasteiger partial charge is 0.254 e. The van der Waals surface area contributed by atoms with Gasteiger partial charge < -0.3 is 19.5 Å². The van der Waals surface area contributed by atoms with Crippen molar-refractivity contribution in [3.8, 4) is 5.75 Å². The summed E-state index contributed by atoms with van der Waals surface area (Å²) >= 11 is 0. The number of methoxy groups -OCH3 is 1. The number of rotatable bonds is 7. The van der Waals surface area contributed by atoms with E-state index in [1.807, 2.05) is 45.6 Å². The number of ether oxygens (including phenoxy) is 1. The molecule has 0 aromatic carbocycles. The van der Waals surface area contributed by atoms with E-state index < -0.39 is 0 Å². The lowest BCUT2D eigenvalue weighted by molar-refractivity contribution is -0.128. The number of nitrogens with zero attached hydrogens (tertiary/aromatic N) is 3. The second-order valence-corrected chi connectivity index (χ2v) is 8.95. The second-order valence-electron chi connectivity index (χ2n) is 8.95. The number of fused-ring (bicyclic) bond motifs is 1. The first-order valence-electron chi connectivity index (χ1n) is 13.6. The van der Waals surface area contributed by atoms with Crippen LogP contribution in [0.15, 0.2) is 74.3 Å². The maximum absolute atomic E-state index is 13.3. The highest BCUT2D eigenvalue weighted by molar-refractivity contribution is 6.22. The molecule has 1 N–H and O–H groups in total. The minimum Gasteiger partial charge on any atom is -0.496 e. The van der Waals surface area contributed by atoms with Crippen LogP contribution in [0.1, 0.15) is 61.0 Å². The monoisotopic (exact) mass is 522 g/mol. The molecule has 0 bridgehead atoms. The minimum absolute atomic E-state index is 0.000210. The van der Waals surface area contributed by atoms with Gasteiger partial charge in [0, 0.05) is 54.9 Å². The van der Waals surface area contributed by atoms with Crippen molar-refractivity contribution in [3.05, 3.63) is 79.8 Å².